The number of aldehydes is 1. The first kappa shape index (κ1) is 67.4. The lowest BCUT2D eigenvalue weighted by Gasteiger charge is -2.26. The van der Waals surface area contributed by atoms with Gasteiger partial charge in [0.2, 0.25) is 17.7 Å². The summed E-state index contributed by atoms with van der Waals surface area (Å²) < 4.78 is 22.2. The molecule has 93 heavy (non-hydrogen) atoms. The van der Waals surface area contributed by atoms with Crippen LogP contribution in [-0.2, 0) is 33.9 Å². The summed E-state index contributed by atoms with van der Waals surface area (Å²) in [5, 5.41) is 8.26. The topological polar surface area (TPSA) is 194 Å². The van der Waals surface area contributed by atoms with Crippen LogP contribution in [0.2, 0.25) is 20.1 Å². The second-order valence-electron chi connectivity index (χ2n) is 24.9. The number of carbonyl (C=O) groups excluding carboxylic acids is 4. The summed E-state index contributed by atoms with van der Waals surface area (Å²) in [6.45, 7) is 15.7. The molecule has 0 bridgehead atoms. The van der Waals surface area contributed by atoms with Gasteiger partial charge in [-0.15, -0.1) is 0 Å². The highest BCUT2D eigenvalue weighted by Gasteiger charge is 2.30. The third-order valence-electron chi connectivity index (χ3n) is 16.0. The van der Waals surface area contributed by atoms with Crippen LogP contribution in [0.5, 0.6) is 11.8 Å². The van der Waals surface area contributed by atoms with Crippen molar-refractivity contribution in [1.82, 2.24) is 40.4 Å². The van der Waals surface area contributed by atoms with Crippen molar-refractivity contribution in [1.29, 1.82) is 0 Å². The Morgan fingerprint density at radius 1 is 0.602 bits per heavy atom. The highest BCUT2D eigenvalue weighted by molar-refractivity contribution is 6.40. The molecule has 4 aromatic carbocycles. The Bertz CT molecular complexity index is 4140. The molecule has 22 heteroatoms. The number of likely N-dealkylation sites (N-methyl/N-ethyl adjacent to an activating group) is 2. The molecule has 3 aliphatic heterocycles. The predicted octanol–water partition coefficient (Wildman–Crippen LogP) is 15.1. The predicted molar refractivity (Wildman–Crippen MR) is 368 cm³/mol. The molecule has 18 nitrogen and oxygen atoms in total. The molecule has 1 saturated heterocycles. The van der Waals surface area contributed by atoms with Gasteiger partial charge in [0.25, 0.3) is 0 Å². The number of pyridine rings is 4. The molecule has 3 amide bonds. The molecule has 2 N–H and O–H groups in total. The molecule has 7 heterocycles. The Kier molecular flexibility index (Phi) is 20.8. The lowest BCUT2D eigenvalue weighted by molar-refractivity contribution is -0.119. The van der Waals surface area contributed by atoms with Gasteiger partial charge in [0, 0.05) is 140 Å². The average Bonchev–Trinajstić information content (AvgIpc) is 1.10. The number of aromatic nitrogens is 4. The summed E-state index contributed by atoms with van der Waals surface area (Å²) in [6.07, 6.45) is 4.89. The molecule has 484 valence electrons. The van der Waals surface area contributed by atoms with Gasteiger partial charge in [-0.25, -0.2) is 19.6 Å². The molecule has 0 saturated carbocycles. The van der Waals surface area contributed by atoms with Crippen LogP contribution >= 0.6 is 46.4 Å². The second-order valence-corrected chi connectivity index (χ2v) is 26.4. The quantitative estimate of drug-likeness (QED) is 0.103. The second kappa shape index (κ2) is 28.8. The van der Waals surface area contributed by atoms with Crippen molar-refractivity contribution in [2.75, 3.05) is 70.8 Å². The Morgan fingerprint density at radius 2 is 1.06 bits per heavy atom. The standard InChI is InChI=1S/C38H42Cl2N6O4.C33H32Cl2N4O4/c1-38(2,3)50-37(48)46-18-17-45(4)31-19-23(9-10-25(31)22-46)35-34(40)28(15-16-42-35)27-7-6-8-29(33(27)39)30-13-11-24(36(44-30)49-5)20-41-21-26-12-14-32(47)43-26;1-33(2,3)43-32(41)39-16-15-38(4)27-17-20(9-10-21(27)18-39)30-29(35)24(13-14-36-30)23-7-6-8-25(28(23)34)26-12-11-22(19-40)31(37-26)42-5/h6-11,13,15-16,19,26,41H,12,14,17-18,20-22H2,1-5H3,(H,43,47);6-14,17,19H,15-16,18H2,1-5H3/t26-;/m0./s1. The van der Waals surface area contributed by atoms with Crippen LogP contribution in [0.4, 0.5) is 21.0 Å². The number of nitrogens with zero attached hydrogens (tertiary/aromatic N) is 8. The number of ether oxygens (including phenoxy) is 4. The van der Waals surface area contributed by atoms with E-state index in [9.17, 15) is 19.2 Å². The van der Waals surface area contributed by atoms with E-state index in [-0.39, 0.29) is 30.0 Å². The highest BCUT2D eigenvalue weighted by atomic mass is 35.5. The monoisotopic (exact) mass is 1330 g/mol. The zero-order valence-corrected chi connectivity index (χ0v) is 56.7. The zero-order valence-electron chi connectivity index (χ0n) is 53.6. The molecule has 0 aliphatic carbocycles. The first-order valence-electron chi connectivity index (χ1n) is 30.5. The Hall–Kier alpha value is -8.52. The van der Waals surface area contributed by atoms with Crippen molar-refractivity contribution in [3.05, 3.63) is 164 Å². The molecule has 3 aliphatic rings. The van der Waals surface area contributed by atoms with Crippen LogP contribution in [-0.4, -0.2) is 132 Å². The number of methoxy groups -OCH3 is 2. The highest BCUT2D eigenvalue weighted by Crippen LogP contribution is 2.45. The van der Waals surface area contributed by atoms with Crippen LogP contribution < -0.4 is 29.9 Å². The summed E-state index contributed by atoms with van der Waals surface area (Å²) in [6, 6.07) is 34.6. The summed E-state index contributed by atoms with van der Waals surface area (Å²) in [5.41, 5.74) is 12.6. The van der Waals surface area contributed by atoms with Crippen molar-refractivity contribution >= 4 is 82.2 Å². The first-order valence-corrected chi connectivity index (χ1v) is 32.0. The van der Waals surface area contributed by atoms with Gasteiger partial charge in [0.1, 0.15) is 11.2 Å². The maximum Gasteiger partial charge on any atom is 0.410 e. The largest absolute Gasteiger partial charge is 0.481 e. The number of rotatable bonds is 13. The van der Waals surface area contributed by atoms with E-state index in [1.165, 1.54) is 7.11 Å². The van der Waals surface area contributed by atoms with Gasteiger partial charge < -0.3 is 49.2 Å². The van der Waals surface area contributed by atoms with Gasteiger partial charge in [-0.2, -0.15) is 0 Å². The number of hydrogen-bond acceptors (Lipinski definition) is 15. The van der Waals surface area contributed by atoms with Crippen molar-refractivity contribution in [3.63, 3.8) is 0 Å². The molecule has 0 spiro atoms. The molecule has 0 unspecified atom stereocenters. The molecule has 11 rings (SSSR count). The normalized spacial score (nSPS) is 14.8. The van der Waals surface area contributed by atoms with Gasteiger partial charge in [0.05, 0.1) is 75.7 Å². The van der Waals surface area contributed by atoms with Gasteiger partial charge in [0.15, 0.2) is 6.29 Å². The van der Waals surface area contributed by atoms with Crippen LogP contribution in [0.15, 0.2) is 122 Å². The number of hydrogen-bond donors (Lipinski definition) is 2. The van der Waals surface area contributed by atoms with E-state index in [4.69, 9.17) is 70.3 Å². The zero-order chi connectivity index (χ0) is 66.5. The summed E-state index contributed by atoms with van der Waals surface area (Å²) in [7, 11) is 7.08. The van der Waals surface area contributed by atoms with Crippen molar-refractivity contribution in [3.8, 4) is 79.0 Å². The van der Waals surface area contributed by atoms with Gasteiger partial charge in [-0.1, -0.05) is 113 Å². The third kappa shape index (κ3) is 15.6. The van der Waals surface area contributed by atoms with E-state index in [1.54, 1.807) is 41.4 Å². The number of anilines is 2. The van der Waals surface area contributed by atoms with E-state index in [0.29, 0.717) is 131 Å². The van der Waals surface area contributed by atoms with E-state index >= 15 is 0 Å². The third-order valence-corrected chi connectivity index (χ3v) is 17.6. The molecular weight excluding hydrogens is 1260 g/mol. The van der Waals surface area contributed by atoms with E-state index in [1.807, 2.05) is 141 Å². The van der Waals surface area contributed by atoms with E-state index in [0.717, 1.165) is 67.9 Å². The van der Waals surface area contributed by atoms with Crippen LogP contribution in [0.1, 0.15) is 81.4 Å². The number of nitrogens with one attached hydrogen (secondary N) is 2. The Morgan fingerprint density at radius 3 is 1.52 bits per heavy atom. The fraction of sp³-hybridized carbons (Fsp3) is 0.324. The minimum Gasteiger partial charge on any atom is -0.481 e. The molecule has 1 atom stereocenters. The van der Waals surface area contributed by atoms with Crippen molar-refractivity contribution < 1.29 is 38.1 Å². The maximum atomic E-state index is 12.9. The summed E-state index contributed by atoms with van der Waals surface area (Å²) in [4.78, 5) is 74.9. The lowest BCUT2D eigenvalue weighted by atomic mass is 9.98. The number of carbonyl (C=O) groups is 4. The van der Waals surface area contributed by atoms with Crippen molar-refractivity contribution in [2.45, 2.75) is 91.3 Å². The van der Waals surface area contributed by atoms with E-state index < -0.39 is 11.2 Å². The van der Waals surface area contributed by atoms with Gasteiger partial charge in [-0.05, 0) is 102 Å². The summed E-state index contributed by atoms with van der Waals surface area (Å²) >= 11 is 28.2. The Labute approximate surface area is 562 Å². The first-order chi connectivity index (χ1) is 44.4. The minimum atomic E-state index is -0.569. The van der Waals surface area contributed by atoms with Crippen molar-refractivity contribution in [2.24, 2.45) is 0 Å². The van der Waals surface area contributed by atoms with Crippen LogP contribution in [0, 0.1) is 0 Å². The maximum absolute atomic E-state index is 12.9. The molecule has 4 aromatic heterocycles. The smallest absolute Gasteiger partial charge is 0.410 e. The summed E-state index contributed by atoms with van der Waals surface area (Å²) in [5.74, 6) is 0.819. The molecule has 1 fully saturated rings. The molecule has 8 aromatic rings. The average molecular weight is 1340 g/mol. The number of benzene rings is 4. The fourth-order valence-corrected chi connectivity index (χ4v) is 12.6. The Balaban J connectivity index is 0.000000206. The van der Waals surface area contributed by atoms with Gasteiger partial charge in [-0.3, -0.25) is 19.6 Å². The lowest BCUT2D eigenvalue weighted by Crippen LogP contribution is -2.38. The SMILES string of the molecule is COc1nc(-c2cccc(-c3ccnc(-c4ccc5c(c4)N(C)CCN(C(=O)OC(C)(C)C)C5)c3Cl)c2Cl)ccc1C=O.COc1nc(-c2cccc(-c3ccnc(-c4ccc5c(c4)N(C)CCN(C(=O)OC(C)(C)C)C5)c3Cl)c2Cl)ccc1CNC[C@@H]1CCC(=O)N1. The number of fused-ring (bicyclic) bond motifs is 2. The van der Waals surface area contributed by atoms with Crippen LogP contribution in [0.3, 0.4) is 0 Å². The number of amides is 3. The van der Waals surface area contributed by atoms with E-state index in [2.05, 4.69) is 47.5 Å². The molecular formula is C71H74Cl4N10O8. The molecule has 0 radical (unpaired) electrons. The van der Waals surface area contributed by atoms with Gasteiger partial charge >= 0.3 is 12.2 Å². The fourth-order valence-electron chi connectivity index (χ4n) is 11.3. The minimum absolute atomic E-state index is 0.0974. The number of halogens is 4. The van der Waals surface area contributed by atoms with Crippen LogP contribution in [0.25, 0.3) is 67.3 Å².